The molecule has 0 aliphatic carbocycles. The van der Waals surface area contributed by atoms with Crippen LogP contribution in [0.3, 0.4) is 0 Å². The van der Waals surface area contributed by atoms with E-state index >= 15 is 0 Å². The van der Waals surface area contributed by atoms with E-state index in [1.165, 1.54) is 23.1 Å². The summed E-state index contributed by atoms with van der Waals surface area (Å²) in [4.78, 5) is 30.7. The lowest BCUT2D eigenvalue weighted by atomic mass is 10.0. The van der Waals surface area contributed by atoms with Crippen LogP contribution in [0.2, 0.25) is 0 Å². The van der Waals surface area contributed by atoms with E-state index in [2.05, 4.69) is 15.2 Å². The van der Waals surface area contributed by atoms with E-state index in [-0.39, 0.29) is 53.9 Å². The van der Waals surface area contributed by atoms with Gasteiger partial charge < -0.3 is 34.2 Å². The van der Waals surface area contributed by atoms with Crippen LogP contribution in [-0.2, 0) is 14.8 Å². The van der Waals surface area contributed by atoms with Gasteiger partial charge in [-0.15, -0.1) is 0 Å². The zero-order chi connectivity index (χ0) is 35.0. The SMILES string of the molecule is Cc1noc(C)c1NC(=O)N(C)C[C@@H]1OCCCC[C@@H](C)Oc2ccc(NS(=O)(=O)c3ccccc3)cc2C(=O)N([C@H](C)CO)C[C@H]1C. The Balaban J connectivity index is 1.63. The van der Waals surface area contributed by atoms with Crippen LogP contribution in [-0.4, -0.2) is 92.0 Å². The molecular formula is C34H47N5O8S. The molecule has 3 amide bonds. The summed E-state index contributed by atoms with van der Waals surface area (Å²) in [5.74, 6) is 0.104. The first kappa shape index (κ1) is 36.7. The number of urea groups is 1. The second-order valence-corrected chi connectivity index (χ2v) is 14.1. The third-order valence-corrected chi connectivity index (χ3v) is 9.82. The van der Waals surface area contributed by atoms with Crippen LogP contribution < -0.4 is 14.8 Å². The number of ether oxygens (including phenoxy) is 2. The molecule has 1 aromatic heterocycles. The summed E-state index contributed by atoms with van der Waals surface area (Å²) in [6.07, 6.45) is 1.55. The number of benzene rings is 2. The van der Waals surface area contributed by atoms with E-state index in [0.717, 1.165) is 12.8 Å². The number of aliphatic hydroxyl groups is 1. The largest absolute Gasteiger partial charge is 0.490 e. The normalized spacial score (nSPS) is 20.2. The van der Waals surface area contributed by atoms with Crippen LogP contribution in [0.4, 0.5) is 16.2 Å². The topological polar surface area (TPSA) is 164 Å². The Morgan fingerprint density at radius 2 is 1.88 bits per heavy atom. The minimum absolute atomic E-state index is 0.0852. The van der Waals surface area contributed by atoms with Crippen molar-refractivity contribution < 1.29 is 37.1 Å². The molecule has 0 fully saturated rings. The number of fused-ring (bicyclic) bond motifs is 1. The van der Waals surface area contributed by atoms with Gasteiger partial charge in [0.15, 0.2) is 5.76 Å². The number of aryl methyl sites for hydroxylation is 2. The van der Waals surface area contributed by atoms with E-state index in [1.54, 1.807) is 63.1 Å². The van der Waals surface area contributed by atoms with Gasteiger partial charge in [0.1, 0.15) is 17.1 Å². The second-order valence-electron chi connectivity index (χ2n) is 12.4. The number of amides is 3. The molecule has 0 radical (unpaired) electrons. The number of rotatable bonds is 8. The van der Waals surface area contributed by atoms with Gasteiger partial charge in [0.25, 0.3) is 15.9 Å². The maximum atomic E-state index is 14.4. The van der Waals surface area contributed by atoms with Gasteiger partial charge in [-0.05, 0) is 77.3 Å². The zero-order valence-corrected chi connectivity index (χ0v) is 29.2. The summed E-state index contributed by atoms with van der Waals surface area (Å²) < 4.78 is 46.6. The highest BCUT2D eigenvalue weighted by atomic mass is 32.2. The van der Waals surface area contributed by atoms with Crippen molar-refractivity contribution in [3.8, 4) is 5.75 Å². The molecule has 0 saturated carbocycles. The van der Waals surface area contributed by atoms with E-state index in [0.29, 0.717) is 35.9 Å². The quantitative estimate of drug-likeness (QED) is 0.294. The highest BCUT2D eigenvalue weighted by Gasteiger charge is 2.31. The van der Waals surface area contributed by atoms with Gasteiger partial charge in [-0.3, -0.25) is 9.52 Å². The van der Waals surface area contributed by atoms with E-state index in [1.807, 2.05) is 13.8 Å². The lowest BCUT2D eigenvalue weighted by Gasteiger charge is -2.35. The first-order chi connectivity index (χ1) is 22.8. The van der Waals surface area contributed by atoms with Crippen molar-refractivity contribution in [2.24, 2.45) is 5.92 Å². The molecule has 0 bridgehead atoms. The molecule has 3 aromatic rings. The van der Waals surface area contributed by atoms with Gasteiger partial charge in [-0.2, -0.15) is 0 Å². The number of hydrogen-bond donors (Lipinski definition) is 3. The Hall–Kier alpha value is -4.14. The number of sulfonamides is 1. The van der Waals surface area contributed by atoms with Crippen LogP contribution >= 0.6 is 0 Å². The van der Waals surface area contributed by atoms with Crippen molar-refractivity contribution >= 4 is 33.3 Å². The molecule has 1 aliphatic rings. The number of aromatic nitrogens is 1. The Morgan fingerprint density at radius 1 is 1.15 bits per heavy atom. The molecule has 14 heteroatoms. The van der Waals surface area contributed by atoms with E-state index in [4.69, 9.17) is 14.0 Å². The van der Waals surface area contributed by atoms with E-state index < -0.39 is 28.1 Å². The third-order valence-electron chi connectivity index (χ3n) is 8.42. The second kappa shape index (κ2) is 16.3. The molecule has 4 rings (SSSR count). The molecule has 48 heavy (non-hydrogen) atoms. The first-order valence-corrected chi connectivity index (χ1v) is 17.7. The fourth-order valence-corrected chi connectivity index (χ4v) is 6.55. The van der Waals surface area contributed by atoms with Gasteiger partial charge in [0.2, 0.25) is 0 Å². The molecule has 13 nitrogen and oxygen atoms in total. The van der Waals surface area contributed by atoms with Crippen LogP contribution in [0.25, 0.3) is 0 Å². The maximum Gasteiger partial charge on any atom is 0.321 e. The number of nitrogens with zero attached hydrogens (tertiary/aromatic N) is 3. The van der Waals surface area contributed by atoms with Crippen LogP contribution in [0.15, 0.2) is 57.9 Å². The molecule has 1 aliphatic heterocycles. The van der Waals surface area contributed by atoms with Gasteiger partial charge in [-0.25, -0.2) is 13.2 Å². The van der Waals surface area contributed by atoms with Crippen molar-refractivity contribution in [3.63, 3.8) is 0 Å². The summed E-state index contributed by atoms with van der Waals surface area (Å²) in [5.41, 5.74) is 1.44. The van der Waals surface area contributed by atoms with Crippen LogP contribution in [0.5, 0.6) is 5.75 Å². The van der Waals surface area contributed by atoms with Crippen LogP contribution in [0.1, 0.15) is 61.8 Å². The highest BCUT2D eigenvalue weighted by Crippen LogP contribution is 2.30. The zero-order valence-electron chi connectivity index (χ0n) is 28.4. The van der Waals surface area contributed by atoms with Crippen molar-refractivity contribution in [1.82, 2.24) is 15.0 Å². The molecule has 0 saturated heterocycles. The van der Waals surface area contributed by atoms with Crippen LogP contribution in [0, 0.1) is 19.8 Å². The van der Waals surface area contributed by atoms with Crippen molar-refractivity contribution in [1.29, 1.82) is 0 Å². The maximum absolute atomic E-state index is 14.4. The number of aliphatic hydroxyl groups excluding tert-OH is 1. The Morgan fingerprint density at radius 3 is 2.54 bits per heavy atom. The fourth-order valence-electron chi connectivity index (χ4n) is 5.48. The predicted molar refractivity (Wildman–Crippen MR) is 182 cm³/mol. The molecule has 2 aromatic carbocycles. The number of carbonyl (C=O) groups excluding carboxylic acids is 2. The fraction of sp³-hybridized carbons (Fsp3) is 0.500. The Kier molecular flexibility index (Phi) is 12.5. The summed E-state index contributed by atoms with van der Waals surface area (Å²) in [7, 11) is -2.26. The van der Waals surface area contributed by atoms with Gasteiger partial charge in [-0.1, -0.05) is 30.3 Å². The van der Waals surface area contributed by atoms with Gasteiger partial charge in [0.05, 0.1) is 35.3 Å². The summed E-state index contributed by atoms with van der Waals surface area (Å²) in [6, 6.07) is 11.6. The summed E-state index contributed by atoms with van der Waals surface area (Å²) in [5, 5.41) is 17.0. The number of carbonyl (C=O) groups is 2. The molecular weight excluding hydrogens is 638 g/mol. The molecule has 262 valence electrons. The lowest BCUT2D eigenvalue weighted by Crippen LogP contribution is -2.48. The van der Waals surface area contributed by atoms with E-state index in [9.17, 15) is 23.1 Å². The minimum atomic E-state index is -3.93. The van der Waals surface area contributed by atoms with Crippen molar-refractivity contribution in [3.05, 3.63) is 65.5 Å². The number of likely N-dealkylation sites (N-methyl/N-ethyl adjacent to an activating group) is 1. The van der Waals surface area contributed by atoms with Gasteiger partial charge >= 0.3 is 6.03 Å². The standard InChI is InChI=1S/C34H47N5O8S/c1-22-19-39(23(2)21-40)33(41)29-18-27(37-48(43,44)28-13-8-7-9-14-28)15-16-30(29)46-24(3)12-10-11-17-45-31(22)20-38(6)34(42)35-32-25(4)36-47-26(32)5/h7-9,13-16,18,22-24,31,37,40H,10-12,17,19-21H2,1-6H3,(H,35,42)/t22-,23-,24-,31+/m1/s1. The van der Waals surface area contributed by atoms with Crippen molar-refractivity contribution in [2.45, 2.75) is 77.0 Å². The minimum Gasteiger partial charge on any atom is -0.490 e. The number of hydrogen-bond acceptors (Lipinski definition) is 9. The van der Waals surface area contributed by atoms with Crippen molar-refractivity contribution in [2.75, 3.05) is 43.4 Å². The highest BCUT2D eigenvalue weighted by molar-refractivity contribution is 7.92. The molecule has 3 N–H and O–H groups in total. The average Bonchev–Trinajstić information content (AvgIpc) is 3.38. The first-order valence-electron chi connectivity index (χ1n) is 16.2. The summed E-state index contributed by atoms with van der Waals surface area (Å²) >= 11 is 0. The molecule has 2 heterocycles. The lowest BCUT2D eigenvalue weighted by molar-refractivity contribution is -0.0115. The third kappa shape index (κ3) is 9.26. The molecule has 0 unspecified atom stereocenters. The monoisotopic (exact) mass is 685 g/mol. The van der Waals surface area contributed by atoms with Gasteiger partial charge in [0, 0.05) is 38.3 Å². The Bertz CT molecular complexity index is 1630. The number of anilines is 2. The average molecular weight is 686 g/mol. The smallest absolute Gasteiger partial charge is 0.321 e. The number of nitrogens with one attached hydrogen (secondary N) is 2. The molecule has 0 spiro atoms. The Labute approximate surface area is 282 Å². The summed E-state index contributed by atoms with van der Waals surface area (Å²) in [6.45, 7) is 9.60. The molecule has 4 atom stereocenters. The predicted octanol–water partition coefficient (Wildman–Crippen LogP) is 5.05.